The molecule has 19 heavy (non-hydrogen) atoms. The van der Waals surface area contributed by atoms with Gasteiger partial charge in [0, 0.05) is 0 Å². The number of hydrogen-bond acceptors (Lipinski definition) is 6. The Labute approximate surface area is 108 Å². The largest absolute Gasteiger partial charge is 0.466 e. The van der Waals surface area contributed by atoms with E-state index in [9.17, 15) is 9.59 Å². The van der Waals surface area contributed by atoms with Crippen molar-refractivity contribution in [2.75, 3.05) is 20.8 Å². The van der Waals surface area contributed by atoms with Crippen LogP contribution in [0.4, 0.5) is 0 Å². The van der Waals surface area contributed by atoms with E-state index in [2.05, 4.69) is 9.72 Å². The number of carbonyl (C=O) groups excluding carboxylic acids is 1. The van der Waals surface area contributed by atoms with Crippen LogP contribution < -0.4 is 15.1 Å². The zero-order valence-electron chi connectivity index (χ0n) is 10.5. The Morgan fingerprint density at radius 1 is 1.32 bits per heavy atom. The number of aromatic nitrogens is 2. The van der Waals surface area contributed by atoms with Crippen molar-refractivity contribution in [3.63, 3.8) is 0 Å². The van der Waals surface area contributed by atoms with Gasteiger partial charge in [-0.25, -0.2) is 4.79 Å². The van der Waals surface area contributed by atoms with Crippen LogP contribution >= 0.6 is 0 Å². The average molecular weight is 264 g/mol. The minimum Gasteiger partial charge on any atom is -0.466 e. The number of methoxy groups -OCH3 is 2. The van der Waals surface area contributed by atoms with Gasteiger partial charge in [0.25, 0.3) is 5.56 Å². The smallest absolute Gasteiger partial charge is 0.346 e. The quantitative estimate of drug-likeness (QED) is 0.723. The standard InChI is InChI=1S/C12H12N2O5/c1-17-10(15)7-19-14-11(16)8-5-3-4-6-9(8)13-12(14)18-2/h3-6H,7H2,1-2H3. The molecule has 2 aromatic rings. The zero-order chi connectivity index (χ0) is 13.8. The molecule has 1 heterocycles. The molecule has 0 bridgehead atoms. The SMILES string of the molecule is COC(=O)COn1c(OC)nc2ccccc2c1=O. The van der Waals surface area contributed by atoms with Crippen LogP contribution in [0.3, 0.4) is 0 Å². The Balaban J connectivity index is 2.49. The van der Waals surface area contributed by atoms with Gasteiger partial charge in [0.2, 0.25) is 6.61 Å². The predicted octanol–water partition coefficient (Wildman–Crippen LogP) is 0.00670. The van der Waals surface area contributed by atoms with E-state index in [-0.39, 0.29) is 6.01 Å². The van der Waals surface area contributed by atoms with E-state index in [1.165, 1.54) is 14.2 Å². The first-order valence-corrected chi connectivity index (χ1v) is 5.43. The van der Waals surface area contributed by atoms with E-state index >= 15 is 0 Å². The van der Waals surface area contributed by atoms with E-state index in [4.69, 9.17) is 9.57 Å². The topological polar surface area (TPSA) is 79.7 Å². The number of hydrogen-bond donors (Lipinski definition) is 0. The Morgan fingerprint density at radius 2 is 2.05 bits per heavy atom. The predicted molar refractivity (Wildman–Crippen MR) is 66.0 cm³/mol. The first kappa shape index (κ1) is 12.9. The van der Waals surface area contributed by atoms with Gasteiger partial charge in [-0.15, -0.1) is 0 Å². The molecule has 1 aromatic carbocycles. The zero-order valence-corrected chi connectivity index (χ0v) is 10.5. The molecule has 100 valence electrons. The van der Waals surface area contributed by atoms with Gasteiger partial charge in [0.05, 0.1) is 25.1 Å². The summed E-state index contributed by atoms with van der Waals surface area (Å²) in [6.07, 6.45) is 0. The Morgan fingerprint density at radius 3 is 2.74 bits per heavy atom. The van der Waals surface area contributed by atoms with Crippen molar-refractivity contribution in [3.8, 4) is 6.01 Å². The molecule has 0 saturated carbocycles. The number of para-hydroxylation sites is 1. The summed E-state index contributed by atoms with van der Waals surface area (Å²) in [5.74, 6) is -0.609. The minimum absolute atomic E-state index is 0.0346. The van der Waals surface area contributed by atoms with Crippen molar-refractivity contribution in [1.29, 1.82) is 0 Å². The lowest BCUT2D eigenvalue weighted by atomic mass is 10.2. The van der Waals surface area contributed by atoms with Crippen molar-refractivity contribution in [2.24, 2.45) is 0 Å². The van der Waals surface area contributed by atoms with Crippen LogP contribution in [0.2, 0.25) is 0 Å². The molecule has 0 amide bonds. The molecule has 1 aromatic heterocycles. The normalized spacial score (nSPS) is 10.2. The van der Waals surface area contributed by atoms with Crippen molar-refractivity contribution < 1.29 is 19.1 Å². The fraction of sp³-hybridized carbons (Fsp3) is 0.250. The van der Waals surface area contributed by atoms with Crippen LogP contribution in [0.1, 0.15) is 0 Å². The molecule has 2 rings (SSSR count). The fourth-order valence-electron chi connectivity index (χ4n) is 1.52. The van der Waals surface area contributed by atoms with Gasteiger partial charge in [-0.3, -0.25) is 4.79 Å². The van der Waals surface area contributed by atoms with E-state index in [0.29, 0.717) is 10.9 Å². The van der Waals surface area contributed by atoms with Crippen LogP contribution in [-0.2, 0) is 9.53 Å². The molecule has 0 atom stereocenters. The van der Waals surface area contributed by atoms with Gasteiger partial charge in [-0.05, 0) is 12.1 Å². The molecule has 0 aliphatic heterocycles. The summed E-state index contributed by atoms with van der Waals surface area (Å²) in [6, 6.07) is 6.73. The molecular weight excluding hydrogens is 252 g/mol. The van der Waals surface area contributed by atoms with Crippen molar-refractivity contribution in [2.45, 2.75) is 0 Å². The highest BCUT2D eigenvalue weighted by Gasteiger charge is 2.13. The van der Waals surface area contributed by atoms with Gasteiger partial charge in [-0.1, -0.05) is 16.9 Å². The molecule has 0 aliphatic carbocycles. The third kappa shape index (κ3) is 2.49. The molecule has 0 N–H and O–H groups in total. The number of rotatable bonds is 4. The van der Waals surface area contributed by atoms with Gasteiger partial charge in [0.1, 0.15) is 0 Å². The summed E-state index contributed by atoms with van der Waals surface area (Å²) >= 11 is 0. The van der Waals surface area contributed by atoms with E-state index in [0.717, 1.165) is 4.73 Å². The molecule has 0 fully saturated rings. The van der Waals surface area contributed by atoms with E-state index < -0.39 is 18.1 Å². The van der Waals surface area contributed by atoms with Crippen LogP contribution in [0, 0.1) is 0 Å². The number of carbonyl (C=O) groups is 1. The summed E-state index contributed by atoms with van der Waals surface area (Å²) in [4.78, 5) is 32.4. The molecule has 7 nitrogen and oxygen atoms in total. The minimum atomic E-state index is -0.609. The van der Waals surface area contributed by atoms with Crippen molar-refractivity contribution >= 4 is 16.9 Å². The maximum absolute atomic E-state index is 12.2. The number of nitrogens with zero attached hydrogens (tertiary/aromatic N) is 2. The summed E-state index contributed by atoms with van der Waals surface area (Å²) < 4.78 is 10.2. The fourth-order valence-corrected chi connectivity index (χ4v) is 1.52. The number of benzene rings is 1. The molecule has 7 heteroatoms. The Bertz CT molecular complexity index is 665. The highest BCUT2D eigenvalue weighted by atomic mass is 16.7. The third-order valence-corrected chi connectivity index (χ3v) is 2.43. The van der Waals surface area contributed by atoms with Gasteiger partial charge >= 0.3 is 12.0 Å². The first-order valence-electron chi connectivity index (χ1n) is 5.43. The Hall–Kier alpha value is -2.57. The van der Waals surface area contributed by atoms with Gasteiger partial charge < -0.3 is 14.3 Å². The summed E-state index contributed by atoms with van der Waals surface area (Å²) in [6.45, 7) is -0.410. The number of esters is 1. The molecule has 0 spiro atoms. The van der Waals surface area contributed by atoms with Crippen LogP contribution in [0.5, 0.6) is 6.01 Å². The van der Waals surface area contributed by atoms with Crippen LogP contribution in [0.15, 0.2) is 29.1 Å². The van der Waals surface area contributed by atoms with Crippen molar-refractivity contribution in [3.05, 3.63) is 34.6 Å². The van der Waals surface area contributed by atoms with Crippen LogP contribution in [-0.4, -0.2) is 36.5 Å². The number of fused-ring (bicyclic) bond motifs is 1. The third-order valence-electron chi connectivity index (χ3n) is 2.43. The molecule has 0 unspecified atom stereocenters. The molecular formula is C12H12N2O5. The lowest BCUT2D eigenvalue weighted by molar-refractivity contribution is -0.146. The monoisotopic (exact) mass is 264 g/mol. The summed E-state index contributed by atoms with van der Waals surface area (Å²) in [5.41, 5.74) is 0.0358. The van der Waals surface area contributed by atoms with Crippen LogP contribution in [0.25, 0.3) is 10.9 Å². The average Bonchev–Trinajstić information content (AvgIpc) is 2.45. The lowest BCUT2D eigenvalue weighted by Crippen LogP contribution is -2.32. The first-order chi connectivity index (χ1) is 9.17. The summed E-state index contributed by atoms with van der Waals surface area (Å²) in [5, 5.41) is 0.369. The van der Waals surface area contributed by atoms with Gasteiger partial charge in [-0.2, -0.15) is 4.98 Å². The summed E-state index contributed by atoms with van der Waals surface area (Å²) in [7, 11) is 2.58. The highest BCUT2D eigenvalue weighted by Crippen LogP contribution is 2.11. The second-order valence-electron chi connectivity index (χ2n) is 3.56. The maximum Gasteiger partial charge on any atom is 0.346 e. The van der Waals surface area contributed by atoms with E-state index in [1.807, 2.05) is 0 Å². The van der Waals surface area contributed by atoms with Crippen molar-refractivity contribution in [1.82, 2.24) is 9.71 Å². The molecule has 0 aliphatic rings. The Kier molecular flexibility index (Phi) is 3.65. The van der Waals surface area contributed by atoms with Gasteiger partial charge in [0.15, 0.2) is 0 Å². The molecule has 0 saturated heterocycles. The number of ether oxygens (including phenoxy) is 2. The lowest BCUT2D eigenvalue weighted by Gasteiger charge is -2.11. The second kappa shape index (κ2) is 5.38. The maximum atomic E-state index is 12.2. The highest BCUT2D eigenvalue weighted by molar-refractivity contribution is 5.77. The van der Waals surface area contributed by atoms with E-state index in [1.54, 1.807) is 24.3 Å². The molecule has 0 radical (unpaired) electrons. The second-order valence-corrected chi connectivity index (χ2v) is 3.56.